The highest BCUT2D eigenvalue weighted by Gasteiger charge is 2.53. The molecule has 1 rings (SSSR count). The predicted octanol–water partition coefficient (Wildman–Crippen LogP) is 2.25. The van der Waals surface area contributed by atoms with Crippen LogP contribution in [0.2, 0.25) is 0 Å². The van der Waals surface area contributed by atoms with Crippen molar-refractivity contribution in [2.75, 3.05) is 0 Å². The zero-order valence-corrected chi connectivity index (χ0v) is 12.5. The van der Waals surface area contributed by atoms with Gasteiger partial charge >= 0.3 is 12.1 Å². The molecule has 1 saturated heterocycles. The molecule has 1 aliphatic rings. The number of hydrogen-bond donors (Lipinski definition) is 2. The van der Waals surface area contributed by atoms with Crippen molar-refractivity contribution in [2.45, 2.75) is 65.6 Å². The molecule has 1 heterocycles. The summed E-state index contributed by atoms with van der Waals surface area (Å²) >= 11 is 0. The number of hydrogen-bond acceptors (Lipinski definition) is 3. The van der Waals surface area contributed by atoms with Crippen LogP contribution in [0.25, 0.3) is 0 Å². The summed E-state index contributed by atoms with van der Waals surface area (Å²) in [5.74, 6) is -1.09. The highest BCUT2D eigenvalue weighted by Crippen LogP contribution is 2.40. The summed E-state index contributed by atoms with van der Waals surface area (Å²) in [4.78, 5) is 22.8. The Morgan fingerprint density at radius 3 is 1.79 bits per heavy atom. The molecule has 0 saturated carbocycles. The summed E-state index contributed by atoms with van der Waals surface area (Å²) in [5, 5.41) is 21.3. The van der Waals surface area contributed by atoms with Crippen LogP contribution in [0.1, 0.15) is 48.0 Å². The van der Waals surface area contributed by atoms with E-state index >= 15 is 0 Å². The van der Waals surface area contributed by atoms with E-state index in [0.29, 0.717) is 6.42 Å². The molecule has 1 amide bonds. The SMILES string of the molecule is CC(C)(C)C1CC(C(=O)O)N(C(=O)O)N1C(C)(C)C. The molecule has 0 aromatic rings. The molecule has 1 fully saturated rings. The molecule has 2 N–H and O–H groups in total. The van der Waals surface area contributed by atoms with E-state index in [1.165, 1.54) is 0 Å². The molecule has 6 heteroatoms. The predicted molar refractivity (Wildman–Crippen MR) is 70.7 cm³/mol. The lowest BCUT2D eigenvalue weighted by Gasteiger charge is -2.45. The van der Waals surface area contributed by atoms with Crippen molar-refractivity contribution in [1.82, 2.24) is 10.0 Å². The average molecular weight is 272 g/mol. The van der Waals surface area contributed by atoms with Crippen molar-refractivity contribution in [3.8, 4) is 0 Å². The van der Waals surface area contributed by atoms with Crippen molar-refractivity contribution in [1.29, 1.82) is 0 Å². The number of nitrogens with zero attached hydrogens (tertiary/aromatic N) is 2. The van der Waals surface area contributed by atoms with Crippen LogP contribution in [0.3, 0.4) is 0 Å². The number of carboxylic acids is 1. The molecule has 0 bridgehead atoms. The summed E-state index contributed by atoms with van der Waals surface area (Å²) in [5.41, 5.74) is -0.661. The van der Waals surface area contributed by atoms with Gasteiger partial charge in [-0.05, 0) is 32.6 Å². The number of carbonyl (C=O) groups is 2. The number of rotatable bonds is 1. The van der Waals surface area contributed by atoms with E-state index in [1.807, 2.05) is 41.5 Å². The lowest BCUT2D eigenvalue weighted by molar-refractivity contribution is -0.149. The van der Waals surface area contributed by atoms with Gasteiger partial charge in [-0.15, -0.1) is 0 Å². The third kappa shape index (κ3) is 3.00. The second-order valence-electron chi connectivity index (χ2n) is 7.11. The summed E-state index contributed by atoms with van der Waals surface area (Å²) in [6, 6.07) is -1.15. The second kappa shape index (κ2) is 4.67. The van der Waals surface area contributed by atoms with Crippen molar-refractivity contribution in [3.63, 3.8) is 0 Å². The molecule has 6 nitrogen and oxygen atoms in total. The summed E-state index contributed by atoms with van der Waals surface area (Å²) < 4.78 is 0. The molecule has 0 aromatic heterocycles. The Morgan fingerprint density at radius 2 is 1.53 bits per heavy atom. The largest absolute Gasteiger partial charge is 0.480 e. The summed E-state index contributed by atoms with van der Waals surface area (Å²) in [7, 11) is 0. The maximum Gasteiger partial charge on any atom is 0.422 e. The Balaban J connectivity index is 3.30. The van der Waals surface area contributed by atoms with Crippen LogP contribution in [0.4, 0.5) is 4.79 Å². The first-order valence-corrected chi connectivity index (χ1v) is 6.41. The van der Waals surface area contributed by atoms with E-state index in [1.54, 1.807) is 5.01 Å². The summed E-state index contributed by atoms with van der Waals surface area (Å²) in [6.45, 7) is 11.7. The third-order valence-corrected chi connectivity index (χ3v) is 3.44. The number of carboxylic acid groups (broad SMARTS) is 2. The van der Waals surface area contributed by atoms with Crippen molar-refractivity contribution >= 4 is 12.1 Å². The van der Waals surface area contributed by atoms with Crippen molar-refractivity contribution in [3.05, 3.63) is 0 Å². The van der Waals surface area contributed by atoms with E-state index < -0.39 is 23.6 Å². The van der Waals surface area contributed by atoms with Gasteiger partial charge in [0.2, 0.25) is 0 Å². The standard InChI is InChI=1S/C13H24N2O4/c1-12(2,3)9-7-8(10(16)17)14(11(18)19)15(9)13(4,5)6/h8-9H,7H2,1-6H3,(H,16,17)(H,18,19). The minimum absolute atomic E-state index is 0.135. The van der Waals surface area contributed by atoms with Crippen LogP contribution in [0.15, 0.2) is 0 Å². The zero-order valence-electron chi connectivity index (χ0n) is 12.5. The minimum Gasteiger partial charge on any atom is -0.480 e. The van der Waals surface area contributed by atoms with Gasteiger partial charge in [0, 0.05) is 11.6 Å². The Bertz CT molecular complexity index is 381. The molecule has 2 unspecified atom stereocenters. The van der Waals surface area contributed by atoms with Crippen LogP contribution in [-0.4, -0.2) is 49.9 Å². The number of aliphatic carboxylic acids is 1. The molecule has 19 heavy (non-hydrogen) atoms. The summed E-state index contributed by atoms with van der Waals surface area (Å²) in [6.07, 6.45) is -0.906. The van der Waals surface area contributed by atoms with Gasteiger partial charge in [0.25, 0.3) is 0 Å². The molecule has 0 radical (unpaired) electrons. The van der Waals surface area contributed by atoms with Crippen LogP contribution < -0.4 is 0 Å². The fourth-order valence-corrected chi connectivity index (χ4v) is 2.65. The second-order valence-corrected chi connectivity index (χ2v) is 7.11. The van der Waals surface area contributed by atoms with Gasteiger partial charge < -0.3 is 10.2 Å². The maximum atomic E-state index is 11.5. The van der Waals surface area contributed by atoms with Gasteiger partial charge in [-0.2, -0.15) is 0 Å². The molecular weight excluding hydrogens is 248 g/mol. The maximum absolute atomic E-state index is 11.5. The first-order valence-electron chi connectivity index (χ1n) is 6.41. The molecule has 1 aliphatic heterocycles. The highest BCUT2D eigenvalue weighted by atomic mass is 16.4. The Kier molecular flexibility index (Phi) is 3.87. The van der Waals surface area contributed by atoms with Gasteiger partial charge in [0.05, 0.1) is 0 Å². The smallest absolute Gasteiger partial charge is 0.422 e. The lowest BCUT2D eigenvalue weighted by atomic mass is 9.82. The fourth-order valence-electron chi connectivity index (χ4n) is 2.65. The topological polar surface area (TPSA) is 81.1 Å². The highest BCUT2D eigenvalue weighted by molar-refractivity contribution is 5.79. The Hall–Kier alpha value is -1.30. The molecule has 0 spiro atoms. The third-order valence-electron chi connectivity index (χ3n) is 3.44. The lowest BCUT2D eigenvalue weighted by Crippen LogP contribution is -2.58. The van der Waals surface area contributed by atoms with Crippen LogP contribution in [-0.2, 0) is 4.79 Å². The monoisotopic (exact) mass is 272 g/mol. The Labute approximate surface area is 114 Å². The van der Waals surface area contributed by atoms with Gasteiger partial charge in [0.1, 0.15) is 0 Å². The fraction of sp³-hybridized carbons (Fsp3) is 0.846. The normalized spacial score (nSPS) is 25.7. The first-order chi connectivity index (χ1) is 8.37. The van der Waals surface area contributed by atoms with E-state index in [9.17, 15) is 19.8 Å². The molecule has 0 aliphatic carbocycles. The molecule has 2 atom stereocenters. The van der Waals surface area contributed by atoms with Crippen LogP contribution in [0, 0.1) is 5.41 Å². The van der Waals surface area contributed by atoms with E-state index in [2.05, 4.69) is 0 Å². The van der Waals surface area contributed by atoms with E-state index in [0.717, 1.165) is 5.01 Å². The van der Waals surface area contributed by atoms with Gasteiger partial charge in [-0.25, -0.2) is 19.6 Å². The van der Waals surface area contributed by atoms with Crippen LogP contribution in [0.5, 0.6) is 0 Å². The molecule has 110 valence electrons. The van der Waals surface area contributed by atoms with E-state index in [4.69, 9.17) is 0 Å². The minimum atomic E-state index is -1.21. The van der Waals surface area contributed by atoms with Crippen LogP contribution >= 0.6 is 0 Å². The van der Waals surface area contributed by atoms with Crippen molar-refractivity contribution in [2.24, 2.45) is 5.41 Å². The first kappa shape index (κ1) is 15.8. The molecular formula is C13H24N2O4. The number of amides is 1. The quantitative estimate of drug-likeness (QED) is 0.765. The molecule has 0 aromatic carbocycles. The Morgan fingerprint density at radius 1 is 1.05 bits per heavy atom. The number of hydrazine groups is 1. The van der Waals surface area contributed by atoms with Crippen molar-refractivity contribution < 1.29 is 19.8 Å². The van der Waals surface area contributed by atoms with E-state index in [-0.39, 0.29) is 11.5 Å². The van der Waals surface area contributed by atoms with Gasteiger partial charge in [-0.3, -0.25) is 0 Å². The van der Waals surface area contributed by atoms with Gasteiger partial charge in [-0.1, -0.05) is 20.8 Å². The zero-order chi connectivity index (χ0) is 15.2. The average Bonchev–Trinajstić information content (AvgIpc) is 2.55. The van der Waals surface area contributed by atoms with Gasteiger partial charge in [0.15, 0.2) is 6.04 Å².